The van der Waals surface area contributed by atoms with Gasteiger partial charge in [0.2, 0.25) is 0 Å². The Kier molecular flexibility index (Phi) is 3.44. The van der Waals surface area contributed by atoms with Crippen molar-refractivity contribution in [1.29, 1.82) is 0 Å². The zero-order valence-corrected chi connectivity index (χ0v) is 11.5. The molecule has 0 spiro atoms. The monoisotopic (exact) mass is 269 g/mol. The summed E-state index contributed by atoms with van der Waals surface area (Å²) < 4.78 is 1.98. The largest absolute Gasteiger partial charge is 0.308 e. The molecule has 96 valence electrons. The van der Waals surface area contributed by atoms with Gasteiger partial charge in [0.1, 0.15) is 0 Å². The molecule has 0 amide bonds. The summed E-state index contributed by atoms with van der Waals surface area (Å²) in [7, 11) is 1.98. The first-order chi connectivity index (χ1) is 9.40. The molecular formula is C15H15N3S. The van der Waals surface area contributed by atoms with Crippen molar-refractivity contribution in [2.45, 2.75) is 6.04 Å². The summed E-state index contributed by atoms with van der Waals surface area (Å²) in [6.45, 7) is 0. The second kappa shape index (κ2) is 5.38. The molecule has 0 saturated heterocycles. The van der Waals surface area contributed by atoms with E-state index in [0.29, 0.717) is 0 Å². The van der Waals surface area contributed by atoms with Crippen LogP contribution in [0.3, 0.4) is 0 Å². The van der Waals surface area contributed by atoms with Gasteiger partial charge in [0, 0.05) is 6.20 Å². The van der Waals surface area contributed by atoms with Gasteiger partial charge in [-0.1, -0.05) is 18.2 Å². The SMILES string of the molecule is CNC(c1ccsc1)c1ccnn1-c1ccccc1. The van der Waals surface area contributed by atoms with Crippen molar-refractivity contribution in [3.05, 3.63) is 70.7 Å². The maximum atomic E-state index is 4.45. The van der Waals surface area contributed by atoms with Crippen LogP contribution in [0.15, 0.2) is 59.4 Å². The summed E-state index contributed by atoms with van der Waals surface area (Å²) in [5.74, 6) is 0. The minimum atomic E-state index is 0.161. The average Bonchev–Trinajstić information content (AvgIpc) is 3.12. The number of nitrogens with zero attached hydrogens (tertiary/aromatic N) is 2. The van der Waals surface area contributed by atoms with Gasteiger partial charge in [-0.15, -0.1) is 0 Å². The van der Waals surface area contributed by atoms with Gasteiger partial charge in [-0.05, 0) is 47.6 Å². The van der Waals surface area contributed by atoms with Gasteiger partial charge in [0.25, 0.3) is 0 Å². The molecule has 0 fully saturated rings. The van der Waals surface area contributed by atoms with Gasteiger partial charge < -0.3 is 5.32 Å². The van der Waals surface area contributed by atoms with Gasteiger partial charge in [-0.2, -0.15) is 16.4 Å². The van der Waals surface area contributed by atoms with Crippen molar-refractivity contribution in [1.82, 2.24) is 15.1 Å². The predicted octanol–water partition coefficient (Wildman–Crippen LogP) is 3.24. The van der Waals surface area contributed by atoms with Crippen molar-refractivity contribution in [2.75, 3.05) is 7.05 Å². The summed E-state index contributed by atoms with van der Waals surface area (Å²) in [6, 6.07) is 14.6. The molecule has 19 heavy (non-hydrogen) atoms. The third kappa shape index (κ3) is 2.32. The van der Waals surface area contributed by atoms with E-state index < -0.39 is 0 Å². The van der Waals surface area contributed by atoms with Crippen LogP contribution in [0.1, 0.15) is 17.3 Å². The highest BCUT2D eigenvalue weighted by Gasteiger charge is 2.17. The number of hydrogen-bond acceptors (Lipinski definition) is 3. The van der Waals surface area contributed by atoms with Gasteiger partial charge in [0.05, 0.1) is 17.4 Å². The van der Waals surface area contributed by atoms with E-state index in [2.05, 4.69) is 45.4 Å². The Morgan fingerprint density at radius 3 is 2.68 bits per heavy atom. The summed E-state index contributed by atoms with van der Waals surface area (Å²) in [5, 5.41) is 12.1. The molecule has 0 saturated carbocycles. The lowest BCUT2D eigenvalue weighted by Gasteiger charge is -2.17. The molecule has 1 aromatic carbocycles. The summed E-state index contributed by atoms with van der Waals surface area (Å²) in [5.41, 5.74) is 3.50. The second-order valence-electron chi connectivity index (χ2n) is 4.28. The molecule has 1 unspecified atom stereocenters. The smallest absolute Gasteiger partial charge is 0.0758 e. The number of rotatable bonds is 4. The Morgan fingerprint density at radius 2 is 2.00 bits per heavy atom. The molecule has 3 rings (SSSR count). The maximum absolute atomic E-state index is 4.45. The van der Waals surface area contributed by atoms with Gasteiger partial charge in [-0.25, -0.2) is 4.68 Å². The average molecular weight is 269 g/mol. The van der Waals surface area contributed by atoms with Gasteiger partial charge in [-0.3, -0.25) is 0 Å². The highest BCUT2D eigenvalue weighted by Crippen LogP contribution is 2.25. The summed E-state index contributed by atoms with van der Waals surface area (Å²) >= 11 is 1.71. The Labute approximate surface area is 116 Å². The lowest BCUT2D eigenvalue weighted by atomic mass is 10.1. The lowest BCUT2D eigenvalue weighted by molar-refractivity contribution is 0.639. The third-order valence-corrected chi connectivity index (χ3v) is 3.84. The van der Waals surface area contributed by atoms with Crippen LogP contribution in [-0.4, -0.2) is 16.8 Å². The fourth-order valence-corrected chi connectivity index (χ4v) is 2.93. The van der Waals surface area contributed by atoms with E-state index in [4.69, 9.17) is 0 Å². The van der Waals surface area contributed by atoms with Crippen LogP contribution in [0.2, 0.25) is 0 Å². The van der Waals surface area contributed by atoms with E-state index in [0.717, 1.165) is 11.4 Å². The molecule has 1 atom stereocenters. The summed E-state index contributed by atoms with van der Waals surface area (Å²) in [6.07, 6.45) is 1.85. The van der Waals surface area contributed by atoms with Crippen molar-refractivity contribution in [2.24, 2.45) is 0 Å². The zero-order valence-electron chi connectivity index (χ0n) is 10.7. The number of benzene rings is 1. The molecule has 0 aliphatic carbocycles. The number of hydrogen-bond donors (Lipinski definition) is 1. The van der Waals surface area contributed by atoms with Crippen molar-refractivity contribution >= 4 is 11.3 Å². The molecule has 3 nitrogen and oxygen atoms in total. The normalized spacial score (nSPS) is 12.5. The Bertz CT molecular complexity index is 628. The molecule has 3 aromatic rings. The first kappa shape index (κ1) is 12.1. The Hall–Kier alpha value is -1.91. The van der Waals surface area contributed by atoms with Crippen LogP contribution >= 0.6 is 11.3 Å². The Morgan fingerprint density at radius 1 is 1.16 bits per heavy atom. The summed E-state index contributed by atoms with van der Waals surface area (Å²) in [4.78, 5) is 0. The minimum absolute atomic E-state index is 0.161. The van der Waals surface area contributed by atoms with Crippen LogP contribution in [0.25, 0.3) is 5.69 Å². The van der Waals surface area contributed by atoms with Gasteiger partial charge in [0.15, 0.2) is 0 Å². The molecule has 4 heteroatoms. The number of aromatic nitrogens is 2. The standard InChI is InChI=1S/C15H15N3S/c1-16-15(12-8-10-19-11-12)14-7-9-17-18(14)13-5-3-2-4-6-13/h2-11,15-16H,1H3. The third-order valence-electron chi connectivity index (χ3n) is 3.13. The van der Waals surface area contributed by atoms with E-state index in [1.165, 1.54) is 5.56 Å². The van der Waals surface area contributed by atoms with Crippen LogP contribution in [0.4, 0.5) is 0 Å². The Balaban J connectivity index is 2.04. The van der Waals surface area contributed by atoms with Crippen LogP contribution in [0, 0.1) is 0 Å². The van der Waals surface area contributed by atoms with E-state index >= 15 is 0 Å². The lowest BCUT2D eigenvalue weighted by Crippen LogP contribution is -2.20. The second-order valence-corrected chi connectivity index (χ2v) is 5.06. The molecule has 0 aliphatic rings. The van der Waals surface area contributed by atoms with E-state index in [9.17, 15) is 0 Å². The predicted molar refractivity (Wildman–Crippen MR) is 78.8 cm³/mol. The molecule has 0 radical (unpaired) electrons. The van der Waals surface area contributed by atoms with Crippen LogP contribution in [0.5, 0.6) is 0 Å². The van der Waals surface area contributed by atoms with Crippen LogP contribution < -0.4 is 5.32 Å². The molecule has 0 bridgehead atoms. The quantitative estimate of drug-likeness (QED) is 0.788. The maximum Gasteiger partial charge on any atom is 0.0758 e. The van der Waals surface area contributed by atoms with Gasteiger partial charge >= 0.3 is 0 Å². The first-order valence-electron chi connectivity index (χ1n) is 6.19. The van der Waals surface area contributed by atoms with Crippen molar-refractivity contribution in [3.63, 3.8) is 0 Å². The number of nitrogens with one attached hydrogen (secondary N) is 1. The van der Waals surface area contributed by atoms with Crippen molar-refractivity contribution < 1.29 is 0 Å². The molecular weight excluding hydrogens is 254 g/mol. The molecule has 2 aromatic heterocycles. The zero-order chi connectivity index (χ0) is 13.1. The minimum Gasteiger partial charge on any atom is -0.308 e. The fourth-order valence-electron chi connectivity index (χ4n) is 2.24. The fraction of sp³-hybridized carbons (Fsp3) is 0.133. The number of para-hydroxylation sites is 1. The van der Waals surface area contributed by atoms with Crippen LogP contribution in [-0.2, 0) is 0 Å². The molecule has 2 heterocycles. The van der Waals surface area contributed by atoms with Crippen molar-refractivity contribution in [3.8, 4) is 5.69 Å². The molecule has 0 aliphatic heterocycles. The molecule has 1 N–H and O–H groups in total. The van der Waals surface area contributed by atoms with E-state index in [1.54, 1.807) is 11.3 Å². The highest BCUT2D eigenvalue weighted by atomic mass is 32.1. The highest BCUT2D eigenvalue weighted by molar-refractivity contribution is 7.08. The number of thiophene rings is 1. The first-order valence-corrected chi connectivity index (χ1v) is 7.13. The topological polar surface area (TPSA) is 29.9 Å². The van der Waals surface area contributed by atoms with E-state index in [-0.39, 0.29) is 6.04 Å². The van der Waals surface area contributed by atoms with E-state index in [1.807, 2.05) is 36.1 Å².